The summed E-state index contributed by atoms with van der Waals surface area (Å²) in [5, 5.41) is 0. The zero-order valence-corrected chi connectivity index (χ0v) is 9.61. The van der Waals surface area contributed by atoms with E-state index >= 15 is 0 Å². The van der Waals surface area contributed by atoms with Crippen molar-refractivity contribution in [3.8, 4) is 0 Å². The molecule has 15 heavy (non-hydrogen) atoms. The number of hydrogen-bond donors (Lipinski definition) is 1. The van der Waals surface area contributed by atoms with Crippen LogP contribution in [0.5, 0.6) is 0 Å². The van der Waals surface area contributed by atoms with E-state index in [9.17, 15) is 0 Å². The van der Waals surface area contributed by atoms with Crippen LogP contribution in [0.2, 0.25) is 0 Å². The molecule has 0 bridgehead atoms. The summed E-state index contributed by atoms with van der Waals surface area (Å²) in [6, 6.07) is 8.22. The quantitative estimate of drug-likeness (QED) is 0.713. The predicted octanol–water partition coefficient (Wildman–Crippen LogP) is 2.75. The lowest BCUT2D eigenvalue weighted by molar-refractivity contribution is 0.357. The topological polar surface area (TPSA) is 29.3 Å². The van der Waals surface area contributed by atoms with E-state index in [0.29, 0.717) is 0 Å². The van der Waals surface area contributed by atoms with Crippen LogP contribution in [0.15, 0.2) is 24.3 Å². The Morgan fingerprint density at radius 3 is 2.13 bits per heavy atom. The van der Waals surface area contributed by atoms with Crippen molar-refractivity contribution in [2.45, 2.75) is 20.3 Å². The van der Waals surface area contributed by atoms with Crippen LogP contribution in [0.3, 0.4) is 0 Å². The highest BCUT2D eigenvalue weighted by Gasteiger charge is 2.21. The first-order valence-corrected chi connectivity index (χ1v) is 5.75. The highest BCUT2D eigenvalue weighted by Crippen LogP contribution is 2.26. The van der Waals surface area contributed by atoms with E-state index in [0.717, 1.165) is 17.5 Å². The van der Waals surface area contributed by atoms with Crippen LogP contribution in [0.1, 0.15) is 20.3 Å². The molecule has 82 valence electrons. The Balaban J connectivity index is 2.12. The average molecular weight is 204 g/mol. The van der Waals surface area contributed by atoms with Gasteiger partial charge in [0.15, 0.2) is 0 Å². The molecule has 1 heterocycles. The molecular weight excluding hydrogens is 184 g/mol. The van der Waals surface area contributed by atoms with Crippen molar-refractivity contribution in [2.24, 2.45) is 11.8 Å². The van der Waals surface area contributed by atoms with Crippen LogP contribution in [-0.4, -0.2) is 13.1 Å². The highest BCUT2D eigenvalue weighted by atomic mass is 15.1. The summed E-state index contributed by atoms with van der Waals surface area (Å²) in [7, 11) is 0. The predicted molar refractivity (Wildman–Crippen MR) is 66.0 cm³/mol. The van der Waals surface area contributed by atoms with Crippen molar-refractivity contribution >= 4 is 11.4 Å². The van der Waals surface area contributed by atoms with E-state index in [4.69, 9.17) is 5.73 Å². The maximum Gasteiger partial charge on any atom is 0.0367 e. The van der Waals surface area contributed by atoms with Crippen molar-refractivity contribution < 1.29 is 0 Å². The van der Waals surface area contributed by atoms with Gasteiger partial charge < -0.3 is 10.6 Å². The SMILES string of the molecule is CC1C[C@@H](C)CN(c2ccc(N)cc2)C1. The van der Waals surface area contributed by atoms with Crippen molar-refractivity contribution in [3.63, 3.8) is 0 Å². The molecule has 0 spiro atoms. The Bertz CT molecular complexity index is 308. The van der Waals surface area contributed by atoms with Crippen LogP contribution in [0.4, 0.5) is 11.4 Å². The molecule has 1 fully saturated rings. The van der Waals surface area contributed by atoms with Crippen LogP contribution in [-0.2, 0) is 0 Å². The zero-order valence-electron chi connectivity index (χ0n) is 9.61. The summed E-state index contributed by atoms with van der Waals surface area (Å²) < 4.78 is 0. The number of benzene rings is 1. The number of nitrogen functional groups attached to an aromatic ring is 1. The fraction of sp³-hybridized carbons (Fsp3) is 0.538. The maximum atomic E-state index is 5.69. The normalized spacial score (nSPS) is 26.7. The van der Waals surface area contributed by atoms with Crippen LogP contribution >= 0.6 is 0 Å². The Morgan fingerprint density at radius 1 is 1.07 bits per heavy atom. The van der Waals surface area contributed by atoms with Crippen molar-refractivity contribution in [2.75, 3.05) is 23.7 Å². The van der Waals surface area contributed by atoms with Crippen molar-refractivity contribution in [1.29, 1.82) is 0 Å². The van der Waals surface area contributed by atoms with Gasteiger partial charge in [0.25, 0.3) is 0 Å². The van der Waals surface area contributed by atoms with E-state index in [1.165, 1.54) is 25.2 Å². The fourth-order valence-electron chi connectivity index (χ4n) is 2.56. The molecule has 0 aromatic heterocycles. The summed E-state index contributed by atoms with van der Waals surface area (Å²) in [5.74, 6) is 1.60. The second-order valence-corrected chi connectivity index (χ2v) is 4.94. The van der Waals surface area contributed by atoms with E-state index < -0.39 is 0 Å². The molecule has 2 rings (SSSR count). The third-order valence-electron chi connectivity index (χ3n) is 3.13. The molecule has 2 N–H and O–H groups in total. The van der Waals surface area contributed by atoms with Crippen LogP contribution in [0, 0.1) is 11.8 Å². The minimum Gasteiger partial charge on any atom is -0.399 e. The average Bonchev–Trinajstić information content (AvgIpc) is 2.17. The molecule has 0 radical (unpaired) electrons. The molecule has 2 nitrogen and oxygen atoms in total. The first-order chi connectivity index (χ1) is 7.15. The van der Waals surface area contributed by atoms with Gasteiger partial charge >= 0.3 is 0 Å². The molecule has 2 atom stereocenters. The summed E-state index contributed by atoms with van der Waals surface area (Å²) in [6.07, 6.45) is 1.35. The molecular formula is C13H20N2. The number of nitrogens with zero attached hydrogens (tertiary/aromatic N) is 1. The lowest BCUT2D eigenvalue weighted by Crippen LogP contribution is -2.38. The second kappa shape index (κ2) is 4.13. The Morgan fingerprint density at radius 2 is 1.60 bits per heavy atom. The van der Waals surface area contributed by atoms with Gasteiger partial charge in [0.05, 0.1) is 0 Å². The number of piperidine rings is 1. The number of anilines is 2. The van der Waals surface area contributed by atoms with Gasteiger partial charge in [0.1, 0.15) is 0 Å². The van der Waals surface area contributed by atoms with Crippen LogP contribution < -0.4 is 10.6 Å². The zero-order chi connectivity index (χ0) is 10.8. The lowest BCUT2D eigenvalue weighted by Gasteiger charge is -2.36. The van der Waals surface area contributed by atoms with E-state index in [1.807, 2.05) is 12.1 Å². The van der Waals surface area contributed by atoms with Gasteiger partial charge in [-0.3, -0.25) is 0 Å². The van der Waals surface area contributed by atoms with E-state index in [1.54, 1.807) is 0 Å². The summed E-state index contributed by atoms with van der Waals surface area (Å²) >= 11 is 0. The molecule has 0 saturated carbocycles. The van der Waals surface area contributed by atoms with Gasteiger partial charge in [-0.05, 0) is 42.5 Å². The first-order valence-electron chi connectivity index (χ1n) is 5.75. The molecule has 2 heteroatoms. The lowest BCUT2D eigenvalue weighted by atomic mass is 9.91. The minimum absolute atomic E-state index is 0.798. The molecule has 1 unspecified atom stereocenters. The Kier molecular flexibility index (Phi) is 2.85. The summed E-state index contributed by atoms with van der Waals surface area (Å²) in [4.78, 5) is 2.47. The molecule has 0 amide bonds. The molecule has 1 aromatic rings. The molecule has 0 aliphatic carbocycles. The van der Waals surface area contributed by atoms with Gasteiger partial charge in [-0.25, -0.2) is 0 Å². The number of nitrogens with two attached hydrogens (primary N) is 1. The van der Waals surface area contributed by atoms with Gasteiger partial charge in [-0.1, -0.05) is 13.8 Å². The summed E-state index contributed by atoms with van der Waals surface area (Å²) in [5.41, 5.74) is 7.84. The number of rotatable bonds is 1. The Labute approximate surface area is 92.1 Å². The molecule has 1 aliphatic heterocycles. The first kappa shape index (κ1) is 10.3. The fourth-order valence-corrected chi connectivity index (χ4v) is 2.56. The van der Waals surface area contributed by atoms with Gasteiger partial charge in [0, 0.05) is 24.5 Å². The Hall–Kier alpha value is -1.18. The van der Waals surface area contributed by atoms with Crippen molar-refractivity contribution in [1.82, 2.24) is 0 Å². The number of hydrogen-bond acceptors (Lipinski definition) is 2. The minimum atomic E-state index is 0.798. The smallest absolute Gasteiger partial charge is 0.0367 e. The van der Waals surface area contributed by atoms with Gasteiger partial charge in [-0.2, -0.15) is 0 Å². The molecule has 1 saturated heterocycles. The molecule has 1 aromatic carbocycles. The standard InChI is InChI=1S/C13H20N2/c1-10-7-11(2)9-15(8-10)13-5-3-12(14)4-6-13/h3-6,10-11H,7-9,14H2,1-2H3/t10-,11?/m1/s1. The largest absolute Gasteiger partial charge is 0.399 e. The molecule has 1 aliphatic rings. The van der Waals surface area contributed by atoms with E-state index in [2.05, 4.69) is 30.9 Å². The van der Waals surface area contributed by atoms with Crippen molar-refractivity contribution in [3.05, 3.63) is 24.3 Å². The van der Waals surface area contributed by atoms with E-state index in [-0.39, 0.29) is 0 Å². The van der Waals surface area contributed by atoms with Crippen LogP contribution in [0.25, 0.3) is 0 Å². The summed E-state index contributed by atoms with van der Waals surface area (Å²) in [6.45, 7) is 7.02. The van der Waals surface area contributed by atoms with Gasteiger partial charge in [-0.15, -0.1) is 0 Å². The maximum absolute atomic E-state index is 5.69. The third-order valence-corrected chi connectivity index (χ3v) is 3.13. The second-order valence-electron chi connectivity index (χ2n) is 4.94. The third kappa shape index (κ3) is 2.44. The van der Waals surface area contributed by atoms with Gasteiger partial charge in [0.2, 0.25) is 0 Å². The monoisotopic (exact) mass is 204 g/mol. The highest BCUT2D eigenvalue weighted by molar-refractivity contribution is 5.53.